The van der Waals surface area contributed by atoms with E-state index in [1.54, 1.807) is 0 Å². The molecule has 90 valence electrons. The highest BCUT2D eigenvalue weighted by Gasteiger charge is 1.92. The standard InChI is InChI=1S/C11H11N.C6H6/c1-2-3-9-4-5-10-6-7-12-11(10)8-9;1-2-4-6-5-3-1/h2-8,12H,1H3;1-6H/b3-2+;. The molecule has 0 fully saturated rings. The van der Waals surface area contributed by atoms with Crippen molar-refractivity contribution in [3.8, 4) is 0 Å². The van der Waals surface area contributed by atoms with Crippen LogP contribution in [-0.2, 0) is 0 Å². The summed E-state index contributed by atoms with van der Waals surface area (Å²) in [4.78, 5) is 3.18. The Hall–Kier alpha value is -2.28. The van der Waals surface area contributed by atoms with Crippen molar-refractivity contribution in [1.82, 2.24) is 4.98 Å². The van der Waals surface area contributed by atoms with Gasteiger partial charge in [0.2, 0.25) is 0 Å². The first kappa shape index (κ1) is 12.2. The normalized spacial score (nSPS) is 10.3. The molecule has 1 N–H and O–H groups in total. The second kappa shape index (κ2) is 6.45. The number of aromatic amines is 1. The van der Waals surface area contributed by atoms with Crippen LogP contribution in [0.1, 0.15) is 12.5 Å². The quantitative estimate of drug-likeness (QED) is 0.618. The SMILES string of the molecule is C/C=C/c1ccc2cc[nH]c2c1.c1ccccc1. The Kier molecular flexibility index (Phi) is 4.37. The summed E-state index contributed by atoms with van der Waals surface area (Å²) < 4.78 is 0. The summed E-state index contributed by atoms with van der Waals surface area (Å²) in [5, 5.41) is 1.27. The van der Waals surface area contributed by atoms with Crippen LogP contribution >= 0.6 is 0 Å². The molecule has 0 aliphatic carbocycles. The van der Waals surface area contributed by atoms with Crippen LogP contribution in [0.5, 0.6) is 0 Å². The molecule has 1 heterocycles. The van der Waals surface area contributed by atoms with Crippen molar-refractivity contribution in [3.05, 3.63) is 78.5 Å². The maximum atomic E-state index is 3.18. The third-order valence-corrected chi connectivity index (χ3v) is 2.60. The lowest BCUT2D eigenvalue weighted by molar-refractivity contribution is 1.47. The Morgan fingerprint density at radius 3 is 2.17 bits per heavy atom. The first-order valence-corrected chi connectivity index (χ1v) is 6.10. The van der Waals surface area contributed by atoms with Gasteiger partial charge in [0.05, 0.1) is 0 Å². The molecule has 1 heteroatoms. The molecule has 0 amide bonds. The Bertz CT molecular complexity index is 579. The van der Waals surface area contributed by atoms with Crippen LogP contribution in [0.4, 0.5) is 0 Å². The van der Waals surface area contributed by atoms with E-state index < -0.39 is 0 Å². The number of benzene rings is 2. The van der Waals surface area contributed by atoms with Gasteiger partial charge in [0.25, 0.3) is 0 Å². The Morgan fingerprint density at radius 1 is 0.889 bits per heavy atom. The van der Waals surface area contributed by atoms with Gasteiger partial charge in [-0.15, -0.1) is 0 Å². The summed E-state index contributed by atoms with van der Waals surface area (Å²) in [6.07, 6.45) is 6.11. The number of aromatic nitrogens is 1. The number of hydrogen-bond acceptors (Lipinski definition) is 0. The van der Waals surface area contributed by atoms with E-state index in [0.29, 0.717) is 0 Å². The molecule has 0 saturated heterocycles. The van der Waals surface area contributed by atoms with Gasteiger partial charge in [-0.2, -0.15) is 0 Å². The smallest absolute Gasteiger partial charge is 0.0459 e. The van der Waals surface area contributed by atoms with E-state index in [-0.39, 0.29) is 0 Å². The monoisotopic (exact) mass is 235 g/mol. The molecule has 3 rings (SSSR count). The fraction of sp³-hybridized carbons (Fsp3) is 0.0588. The lowest BCUT2D eigenvalue weighted by atomic mass is 10.1. The van der Waals surface area contributed by atoms with Gasteiger partial charge >= 0.3 is 0 Å². The summed E-state index contributed by atoms with van der Waals surface area (Å²) in [7, 11) is 0. The van der Waals surface area contributed by atoms with Gasteiger partial charge in [-0.3, -0.25) is 0 Å². The summed E-state index contributed by atoms with van der Waals surface area (Å²) in [5.74, 6) is 0. The average molecular weight is 235 g/mol. The molecule has 0 bridgehead atoms. The van der Waals surface area contributed by atoms with Crippen LogP contribution in [0.15, 0.2) is 72.9 Å². The van der Waals surface area contributed by atoms with Gasteiger partial charge in [-0.1, -0.05) is 60.7 Å². The van der Waals surface area contributed by atoms with Gasteiger partial charge in [0.1, 0.15) is 0 Å². The predicted octanol–water partition coefficient (Wildman–Crippen LogP) is 4.89. The van der Waals surface area contributed by atoms with E-state index >= 15 is 0 Å². The van der Waals surface area contributed by atoms with Gasteiger partial charge < -0.3 is 4.98 Å². The zero-order chi connectivity index (χ0) is 12.6. The van der Waals surface area contributed by atoms with Gasteiger partial charge in [0, 0.05) is 11.7 Å². The molecule has 0 spiro atoms. The minimum absolute atomic E-state index is 1.20. The van der Waals surface area contributed by atoms with Crippen LogP contribution in [0.25, 0.3) is 17.0 Å². The zero-order valence-electron chi connectivity index (χ0n) is 10.5. The minimum Gasteiger partial charge on any atom is -0.361 e. The number of fused-ring (bicyclic) bond motifs is 1. The van der Waals surface area contributed by atoms with Gasteiger partial charge in [-0.05, 0) is 30.0 Å². The highest BCUT2D eigenvalue weighted by molar-refractivity contribution is 5.81. The third kappa shape index (κ3) is 3.36. The molecule has 0 aliphatic rings. The highest BCUT2D eigenvalue weighted by Crippen LogP contribution is 2.14. The van der Waals surface area contributed by atoms with E-state index in [0.717, 1.165) is 0 Å². The first-order valence-electron chi connectivity index (χ1n) is 6.10. The molecule has 1 aromatic heterocycles. The summed E-state index contributed by atoms with van der Waals surface area (Å²) in [5.41, 5.74) is 2.44. The molecule has 0 radical (unpaired) electrons. The predicted molar refractivity (Wildman–Crippen MR) is 79.4 cm³/mol. The first-order chi connectivity index (χ1) is 8.90. The van der Waals surface area contributed by atoms with Gasteiger partial charge in [0.15, 0.2) is 0 Å². The minimum atomic E-state index is 1.20. The second-order valence-corrected chi connectivity index (χ2v) is 3.98. The maximum absolute atomic E-state index is 3.18. The molecule has 18 heavy (non-hydrogen) atoms. The fourth-order valence-corrected chi connectivity index (χ4v) is 1.75. The summed E-state index contributed by atoms with van der Waals surface area (Å²) >= 11 is 0. The van der Waals surface area contributed by atoms with Crippen molar-refractivity contribution in [2.75, 3.05) is 0 Å². The molecular weight excluding hydrogens is 218 g/mol. The highest BCUT2D eigenvalue weighted by atomic mass is 14.7. The fourth-order valence-electron chi connectivity index (χ4n) is 1.75. The van der Waals surface area contributed by atoms with Crippen molar-refractivity contribution in [3.63, 3.8) is 0 Å². The number of H-pyrrole nitrogens is 1. The summed E-state index contributed by atoms with van der Waals surface area (Å²) in [6.45, 7) is 2.03. The molecular formula is C17H17N. The third-order valence-electron chi connectivity index (χ3n) is 2.60. The van der Waals surface area contributed by atoms with Crippen LogP contribution in [0, 0.1) is 0 Å². The Morgan fingerprint density at radius 2 is 1.56 bits per heavy atom. The van der Waals surface area contributed by atoms with Crippen molar-refractivity contribution < 1.29 is 0 Å². The van der Waals surface area contributed by atoms with E-state index in [2.05, 4.69) is 35.3 Å². The number of hydrogen-bond donors (Lipinski definition) is 1. The van der Waals surface area contributed by atoms with E-state index in [1.807, 2.05) is 55.6 Å². The zero-order valence-corrected chi connectivity index (χ0v) is 10.5. The lowest BCUT2D eigenvalue weighted by Gasteiger charge is -1.92. The topological polar surface area (TPSA) is 15.8 Å². The molecule has 1 nitrogen and oxygen atoms in total. The number of nitrogens with one attached hydrogen (secondary N) is 1. The van der Waals surface area contributed by atoms with E-state index in [4.69, 9.17) is 0 Å². The van der Waals surface area contributed by atoms with Crippen LogP contribution in [0.2, 0.25) is 0 Å². The molecule has 2 aromatic carbocycles. The number of rotatable bonds is 1. The largest absolute Gasteiger partial charge is 0.361 e. The Labute approximate surface area is 108 Å². The lowest BCUT2D eigenvalue weighted by Crippen LogP contribution is -1.71. The van der Waals surface area contributed by atoms with Crippen molar-refractivity contribution >= 4 is 17.0 Å². The molecule has 0 saturated carbocycles. The van der Waals surface area contributed by atoms with Crippen molar-refractivity contribution in [2.45, 2.75) is 6.92 Å². The maximum Gasteiger partial charge on any atom is 0.0459 e. The van der Waals surface area contributed by atoms with Crippen LogP contribution in [-0.4, -0.2) is 4.98 Å². The van der Waals surface area contributed by atoms with Crippen molar-refractivity contribution in [1.29, 1.82) is 0 Å². The Balaban J connectivity index is 0.000000169. The molecule has 3 aromatic rings. The van der Waals surface area contributed by atoms with Crippen LogP contribution in [0.3, 0.4) is 0 Å². The molecule has 0 atom stereocenters. The van der Waals surface area contributed by atoms with Crippen LogP contribution < -0.4 is 0 Å². The van der Waals surface area contributed by atoms with Gasteiger partial charge in [-0.25, -0.2) is 0 Å². The van der Waals surface area contributed by atoms with E-state index in [9.17, 15) is 0 Å². The molecule has 0 aliphatic heterocycles. The number of allylic oxidation sites excluding steroid dienone is 1. The molecule has 0 unspecified atom stereocenters. The van der Waals surface area contributed by atoms with E-state index in [1.165, 1.54) is 16.5 Å². The van der Waals surface area contributed by atoms with Crippen molar-refractivity contribution in [2.24, 2.45) is 0 Å². The second-order valence-electron chi connectivity index (χ2n) is 3.98. The average Bonchev–Trinajstić information content (AvgIpc) is 2.89. The summed E-state index contributed by atoms with van der Waals surface area (Å²) in [6, 6.07) is 20.5.